The molecule has 0 aliphatic heterocycles. The summed E-state index contributed by atoms with van der Waals surface area (Å²) in [5, 5.41) is 4.06. The Hall–Kier alpha value is -3.78. The van der Waals surface area contributed by atoms with Gasteiger partial charge in [-0.05, 0) is 31.2 Å². The number of para-hydroxylation sites is 2. The number of halogens is 1. The molecular formula is C23H18ClNO7. The number of aryl methyl sites for hydroxylation is 1. The quantitative estimate of drug-likeness (QED) is 0.265. The maximum Gasteiger partial charge on any atom is 0.311 e. The lowest BCUT2D eigenvalue weighted by atomic mass is 10.2. The van der Waals surface area contributed by atoms with Gasteiger partial charge in [-0.2, -0.15) is 0 Å². The summed E-state index contributed by atoms with van der Waals surface area (Å²) < 4.78 is 27.1. The number of carbonyl (C=O) groups excluding carboxylic acids is 1. The van der Waals surface area contributed by atoms with Gasteiger partial charge in [0.2, 0.25) is 11.2 Å². The molecule has 0 atom stereocenters. The molecule has 0 fully saturated rings. The van der Waals surface area contributed by atoms with E-state index in [-0.39, 0.29) is 39.5 Å². The normalized spacial score (nSPS) is 10.8. The van der Waals surface area contributed by atoms with Gasteiger partial charge in [-0.3, -0.25) is 9.59 Å². The molecule has 2 aromatic carbocycles. The van der Waals surface area contributed by atoms with E-state index in [1.165, 1.54) is 30.5 Å². The van der Waals surface area contributed by atoms with Crippen molar-refractivity contribution in [2.45, 2.75) is 19.8 Å². The van der Waals surface area contributed by atoms with Crippen LogP contribution in [0.25, 0.3) is 11.0 Å². The number of hydrogen-bond acceptors (Lipinski definition) is 8. The summed E-state index contributed by atoms with van der Waals surface area (Å²) in [4.78, 5) is 24.9. The van der Waals surface area contributed by atoms with Crippen LogP contribution in [0.2, 0.25) is 5.15 Å². The van der Waals surface area contributed by atoms with E-state index in [2.05, 4.69) is 5.16 Å². The fourth-order valence-corrected chi connectivity index (χ4v) is 3.12. The molecule has 0 spiro atoms. The Kier molecular flexibility index (Phi) is 6.42. The second-order valence-electron chi connectivity index (χ2n) is 6.66. The fraction of sp³-hybridized carbons (Fsp3) is 0.174. The first-order chi connectivity index (χ1) is 15.5. The van der Waals surface area contributed by atoms with E-state index in [0.717, 1.165) is 0 Å². The number of aromatic nitrogens is 1. The predicted octanol–water partition coefficient (Wildman–Crippen LogP) is 5.16. The average molecular weight is 456 g/mol. The van der Waals surface area contributed by atoms with Crippen LogP contribution in [0, 0.1) is 0 Å². The molecule has 4 rings (SSSR count). The lowest BCUT2D eigenvalue weighted by Gasteiger charge is -2.11. The van der Waals surface area contributed by atoms with Crippen molar-refractivity contribution >= 4 is 28.5 Å². The highest BCUT2D eigenvalue weighted by Crippen LogP contribution is 2.31. The van der Waals surface area contributed by atoms with Crippen LogP contribution < -0.4 is 19.6 Å². The van der Waals surface area contributed by atoms with E-state index in [0.29, 0.717) is 30.3 Å². The van der Waals surface area contributed by atoms with Crippen LogP contribution in [0.1, 0.15) is 19.1 Å². The van der Waals surface area contributed by atoms with E-state index < -0.39 is 5.97 Å². The monoisotopic (exact) mass is 455 g/mol. The van der Waals surface area contributed by atoms with E-state index in [1.54, 1.807) is 18.2 Å². The highest BCUT2D eigenvalue weighted by atomic mass is 35.5. The Morgan fingerprint density at radius 1 is 1.09 bits per heavy atom. The van der Waals surface area contributed by atoms with Crippen molar-refractivity contribution in [1.29, 1.82) is 0 Å². The van der Waals surface area contributed by atoms with Gasteiger partial charge in [0.15, 0.2) is 16.7 Å². The number of benzene rings is 2. The van der Waals surface area contributed by atoms with Gasteiger partial charge in [-0.15, -0.1) is 0 Å². The van der Waals surface area contributed by atoms with Crippen molar-refractivity contribution < 1.29 is 27.9 Å². The van der Waals surface area contributed by atoms with Crippen molar-refractivity contribution in [2.75, 3.05) is 6.61 Å². The smallest absolute Gasteiger partial charge is 0.311 e. The third-order valence-electron chi connectivity index (χ3n) is 4.42. The van der Waals surface area contributed by atoms with Gasteiger partial charge in [0.25, 0.3) is 0 Å². The molecular weight excluding hydrogens is 438 g/mol. The molecule has 0 bridgehead atoms. The maximum absolute atomic E-state index is 12.8. The molecule has 164 valence electrons. The summed E-state index contributed by atoms with van der Waals surface area (Å²) in [5.41, 5.74) is -0.106. The minimum Gasteiger partial charge on any atom is -0.490 e. The summed E-state index contributed by atoms with van der Waals surface area (Å²) in [6.45, 7) is 2.32. The fourth-order valence-electron chi connectivity index (χ4n) is 2.97. The van der Waals surface area contributed by atoms with Crippen LogP contribution in [0.3, 0.4) is 0 Å². The van der Waals surface area contributed by atoms with Gasteiger partial charge < -0.3 is 23.2 Å². The second-order valence-corrected chi connectivity index (χ2v) is 7.05. The van der Waals surface area contributed by atoms with Crippen LogP contribution in [0.5, 0.6) is 23.0 Å². The second kappa shape index (κ2) is 9.57. The third-order valence-corrected chi connectivity index (χ3v) is 4.60. The minimum absolute atomic E-state index is 0.0140. The standard InChI is InChI=1S/C23H18ClNO7/c1-2-28-17-5-3-4-6-18(17)31-20-13-29-19-11-14(7-9-16(19)23(20)27)30-22(26)10-8-15-12-21(24)25-32-15/h3-7,9,11-13H,2,8,10H2,1H3. The van der Waals surface area contributed by atoms with E-state index in [1.807, 2.05) is 13.0 Å². The molecule has 2 aromatic heterocycles. The van der Waals surface area contributed by atoms with Crippen molar-refractivity contribution in [3.63, 3.8) is 0 Å². The zero-order chi connectivity index (χ0) is 22.5. The van der Waals surface area contributed by atoms with Gasteiger partial charge in [-0.25, -0.2) is 0 Å². The molecule has 0 unspecified atom stereocenters. The Labute approximate surface area is 187 Å². The van der Waals surface area contributed by atoms with Crippen molar-refractivity contribution in [2.24, 2.45) is 0 Å². The van der Waals surface area contributed by atoms with Crippen molar-refractivity contribution in [3.8, 4) is 23.0 Å². The summed E-state index contributed by atoms with van der Waals surface area (Å²) >= 11 is 5.68. The Balaban J connectivity index is 1.48. The summed E-state index contributed by atoms with van der Waals surface area (Å²) in [6.07, 6.45) is 1.58. The van der Waals surface area contributed by atoms with E-state index in [4.69, 9.17) is 34.8 Å². The molecule has 0 saturated carbocycles. The van der Waals surface area contributed by atoms with Crippen LogP contribution >= 0.6 is 11.6 Å². The number of hydrogen-bond donors (Lipinski definition) is 0. The Morgan fingerprint density at radius 3 is 2.66 bits per heavy atom. The molecule has 0 radical (unpaired) electrons. The zero-order valence-corrected chi connectivity index (χ0v) is 17.8. The van der Waals surface area contributed by atoms with Gasteiger partial charge in [0.05, 0.1) is 18.4 Å². The first kappa shape index (κ1) is 21.5. The summed E-state index contributed by atoms with van der Waals surface area (Å²) in [5.74, 6) is 1.18. The zero-order valence-electron chi connectivity index (χ0n) is 17.0. The lowest BCUT2D eigenvalue weighted by molar-refractivity contribution is -0.134. The molecule has 32 heavy (non-hydrogen) atoms. The van der Waals surface area contributed by atoms with Crippen molar-refractivity contribution in [3.05, 3.63) is 75.9 Å². The molecule has 0 N–H and O–H groups in total. The topological polar surface area (TPSA) is 101 Å². The number of fused-ring (bicyclic) bond motifs is 1. The first-order valence-corrected chi connectivity index (χ1v) is 10.2. The van der Waals surface area contributed by atoms with Crippen LogP contribution in [-0.2, 0) is 11.2 Å². The van der Waals surface area contributed by atoms with Gasteiger partial charge in [0.1, 0.15) is 23.4 Å². The maximum atomic E-state index is 12.8. The lowest BCUT2D eigenvalue weighted by Crippen LogP contribution is -2.09. The molecule has 0 aliphatic rings. The van der Waals surface area contributed by atoms with Crippen LogP contribution in [-0.4, -0.2) is 17.7 Å². The van der Waals surface area contributed by atoms with Crippen LogP contribution in [0.4, 0.5) is 0 Å². The molecule has 0 aliphatic carbocycles. The van der Waals surface area contributed by atoms with Gasteiger partial charge in [-0.1, -0.05) is 28.9 Å². The SMILES string of the molecule is CCOc1ccccc1Oc1coc2cc(OC(=O)CCc3cc(Cl)no3)ccc2c1=O. The largest absolute Gasteiger partial charge is 0.490 e. The number of ether oxygens (including phenoxy) is 3. The predicted molar refractivity (Wildman–Crippen MR) is 116 cm³/mol. The molecule has 2 heterocycles. The van der Waals surface area contributed by atoms with Crippen LogP contribution in [0.15, 0.2) is 68.5 Å². The number of rotatable bonds is 8. The molecule has 9 heteroatoms. The molecule has 0 saturated heterocycles. The van der Waals surface area contributed by atoms with Gasteiger partial charge in [0, 0.05) is 18.6 Å². The van der Waals surface area contributed by atoms with Gasteiger partial charge >= 0.3 is 5.97 Å². The molecule has 8 nitrogen and oxygen atoms in total. The average Bonchev–Trinajstić information content (AvgIpc) is 3.21. The Morgan fingerprint density at radius 2 is 1.91 bits per heavy atom. The van der Waals surface area contributed by atoms with Crippen molar-refractivity contribution in [1.82, 2.24) is 5.16 Å². The summed E-state index contributed by atoms with van der Waals surface area (Å²) in [6, 6.07) is 13.1. The van der Waals surface area contributed by atoms with E-state index >= 15 is 0 Å². The summed E-state index contributed by atoms with van der Waals surface area (Å²) in [7, 11) is 0. The molecule has 0 amide bonds. The number of nitrogens with zero attached hydrogens (tertiary/aromatic N) is 1. The highest BCUT2D eigenvalue weighted by molar-refractivity contribution is 6.29. The number of carbonyl (C=O) groups is 1. The molecule has 4 aromatic rings. The number of esters is 1. The van der Waals surface area contributed by atoms with E-state index in [9.17, 15) is 9.59 Å². The Bertz CT molecular complexity index is 1310. The third kappa shape index (κ3) is 4.92. The minimum atomic E-state index is -0.480. The highest BCUT2D eigenvalue weighted by Gasteiger charge is 2.14. The first-order valence-electron chi connectivity index (χ1n) is 9.80.